The van der Waals surface area contributed by atoms with E-state index in [9.17, 15) is 4.39 Å². The first-order valence-corrected chi connectivity index (χ1v) is 6.94. The average molecular weight is 289 g/mol. The van der Waals surface area contributed by atoms with Gasteiger partial charge in [-0.1, -0.05) is 6.07 Å². The van der Waals surface area contributed by atoms with Crippen molar-refractivity contribution in [3.63, 3.8) is 0 Å². The summed E-state index contributed by atoms with van der Waals surface area (Å²) in [4.78, 5) is 0. The molecule has 3 nitrogen and oxygen atoms in total. The lowest BCUT2D eigenvalue weighted by atomic mass is 10.1. The summed E-state index contributed by atoms with van der Waals surface area (Å²) in [5, 5.41) is 12.4. The summed E-state index contributed by atoms with van der Waals surface area (Å²) in [7, 11) is 0. The van der Waals surface area contributed by atoms with Crippen molar-refractivity contribution in [1.29, 1.82) is 0 Å². The first-order chi connectivity index (χ1) is 9.95. The predicted octanol–water partition coefficient (Wildman–Crippen LogP) is 4.24. The summed E-state index contributed by atoms with van der Waals surface area (Å²) < 4.78 is 18.9. The van der Waals surface area contributed by atoms with Crippen LogP contribution in [0.5, 0.6) is 11.5 Å². The van der Waals surface area contributed by atoms with Crippen molar-refractivity contribution < 1.29 is 14.2 Å². The summed E-state index contributed by atoms with van der Waals surface area (Å²) in [6.07, 6.45) is 0.142. The first-order valence-electron chi connectivity index (χ1n) is 6.94. The van der Waals surface area contributed by atoms with Gasteiger partial charge in [0.1, 0.15) is 5.75 Å². The molecule has 2 rings (SSSR count). The minimum atomic E-state index is -0.605. The average Bonchev–Trinajstić information content (AvgIpc) is 2.41. The molecule has 0 aliphatic carbocycles. The van der Waals surface area contributed by atoms with E-state index in [1.54, 1.807) is 6.07 Å². The van der Waals surface area contributed by atoms with Crippen LogP contribution in [0, 0.1) is 12.7 Å². The van der Waals surface area contributed by atoms with Gasteiger partial charge in [-0.15, -0.1) is 0 Å². The number of aryl methyl sites for hydroxylation is 1. The van der Waals surface area contributed by atoms with Crippen molar-refractivity contribution >= 4 is 5.69 Å². The number of hydrogen-bond donors (Lipinski definition) is 2. The standard InChI is InChI=1S/C17H20FNO2/c1-11(2)21-14-5-6-16(12(3)8-14)19-10-13-4-7-17(20)15(18)9-13/h4-9,11,19-20H,10H2,1-3H3. The number of phenolic OH excluding ortho intramolecular Hbond substituents is 1. The molecular formula is C17H20FNO2. The number of halogens is 1. The summed E-state index contributed by atoms with van der Waals surface area (Å²) in [6, 6.07) is 10.2. The highest BCUT2D eigenvalue weighted by Gasteiger charge is 2.04. The van der Waals surface area contributed by atoms with Gasteiger partial charge in [0.15, 0.2) is 11.6 Å². The Labute approximate surface area is 124 Å². The normalized spacial score (nSPS) is 10.7. The third-order valence-electron chi connectivity index (χ3n) is 3.06. The second-order valence-electron chi connectivity index (χ2n) is 5.28. The molecule has 0 unspecified atom stereocenters. The van der Waals surface area contributed by atoms with Gasteiger partial charge in [-0.3, -0.25) is 0 Å². The molecule has 0 aliphatic heterocycles. The van der Waals surface area contributed by atoms with Gasteiger partial charge < -0.3 is 15.2 Å². The number of ether oxygens (including phenoxy) is 1. The number of benzene rings is 2. The van der Waals surface area contributed by atoms with Crippen LogP contribution >= 0.6 is 0 Å². The lowest BCUT2D eigenvalue weighted by Gasteiger charge is -2.14. The highest BCUT2D eigenvalue weighted by molar-refractivity contribution is 5.54. The molecule has 0 atom stereocenters. The molecule has 4 heteroatoms. The van der Waals surface area contributed by atoms with Gasteiger partial charge >= 0.3 is 0 Å². The van der Waals surface area contributed by atoms with Crippen LogP contribution in [0.4, 0.5) is 10.1 Å². The molecule has 0 radical (unpaired) electrons. The monoisotopic (exact) mass is 289 g/mol. The zero-order valence-electron chi connectivity index (χ0n) is 12.5. The maximum atomic E-state index is 13.3. The smallest absolute Gasteiger partial charge is 0.165 e. The van der Waals surface area contributed by atoms with Gasteiger partial charge in [0.25, 0.3) is 0 Å². The van der Waals surface area contributed by atoms with Crippen molar-refractivity contribution in [2.45, 2.75) is 33.4 Å². The van der Waals surface area contributed by atoms with Gasteiger partial charge in [-0.2, -0.15) is 0 Å². The highest BCUT2D eigenvalue weighted by atomic mass is 19.1. The molecule has 0 saturated heterocycles. The third-order valence-corrected chi connectivity index (χ3v) is 3.06. The Morgan fingerprint density at radius 1 is 1.19 bits per heavy atom. The van der Waals surface area contributed by atoms with Crippen LogP contribution < -0.4 is 10.1 Å². The van der Waals surface area contributed by atoms with E-state index < -0.39 is 5.82 Å². The molecule has 0 heterocycles. The molecule has 0 bridgehead atoms. The van der Waals surface area contributed by atoms with Gasteiger partial charge in [0.05, 0.1) is 6.10 Å². The molecule has 2 N–H and O–H groups in total. The Hall–Kier alpha value is -2.23. The van der Waals surface area contributed by atoms with Crippen molar-refractivity contribution in [2.75, 3.05) is 5.32 Å². The van der Waals surface area contributed by atoms with Crippen LogP contribution in [-0.2, 0) is 6.54 Å². The van der Waals surface area contributed by atoms with E-state index in [1.165, 1.54) is 12.1 Å². The van der Waals surface area contributed by atoms with Crippen molar-refractivity contribution in [3.8, 4) is 11.5 Å². The molecule has 112 valence electrons. The fraction of sp³-hybridized carbons (Fsp3) is 0.294. The van der Waals surface area contributed by atoms with Crippen molar-refractivity contribution in [1.82, 2.24) is 0 Å². The molecule has 2 aromatic rings. The second-order valence-corrected chi connectivity index (χ2v) is 5.28. The van der Waals surface area contributed by atoms with E-state index >= 15 is 0 Å². The maximum Gasteiger partial charge on any atom is 0.165 e. The summed E-state index contributed by atoms with van der Waals surface area (Å²) >= 11 is 0. The summed E-state index contributed by atoms with van der Waals surface area (Å²) in [5.74, 6) is -0.0967. The second kappa shape index (κ2) is 6.48. The minimum Gasteiger partial charge on any atom is -0.505 e. The van der Waals surface area contributed by atoms with Crippen LogP contribution in [0.3, 0.4) is 0 Å². The van der Waals surface area contributed by atoms with E-state index in [-0.39, 0.29) is 11.9 Å². The van der Waals surface area contributed by atoms with Crippen LogP contribution in [0.1, 0.15) is 25.0 Å². The SMILES string of the molecule is Cc1cc(OC(C)C)ccc1NCc1ccc(O)c(F)c1. The topological polar surface area (TPSA) is 41.5 Å². The molecule has 0 aromatic heterocycles. The lowest BCUT2D eigenvalue weighted by molar-refractivity contribution is 0.242. The van der Waals surface area contributed by atoms with Crippen LogP contribution in [0.2, 0.25) is 0 Å². The molecule has 0 saturated carbocycles. The zero-order valence-corrected chi connectivity index (χ0v) is 12.5. The van der Waals surface area contributed by atoms with Crippen LogP contribution in [0.25, 0.3) is 0 Å². The van der Waals surface area contributed by atoms with Crippen LogP contribution in [-0.4, -0.2) is 11.2 Å². The lowest BCUT2D eigenvalue weighted by Crippen LogP contribution is -2.06. The summed E-state index contributed by atoms with van der Waals surface area (Å²) in [6.45, 7) is 6.46. The molecule has 0 aliphatic rings. The fourth-order valence-corrected chi connectivity index (χ4v) is 2.04. The Morgan fingerprint density at radius 2 is 1.95 bits per heavy atom. The van der Waals surface area contributed by atoms with E-state index in [0.717, 1.165) is 22.6 Å². The first kappa shape index (κ1) is 15.2. The van der Waals surface area contributed by atoms with E-state index in [2.05, 4.69) is 5.32 Å². The third kappa shape index (κ3) is 4.12. The molecule has 0 spiro atoms. The minimum absolute atomic E-state index is 0.142. The number of nitrogens with one attached hydrogen (secondary N) is 1. The van der Waals surface area contributed by atoms with Crippen molar-refractivity contribution in [3.05, 3.63) is 53.3 Å². The molecule has 0 amide bonds. The molecule has 0 fully saturated rings. The van der Waals surface area contributed by atoms with Crippen LogP contribution in [0.15, 0.2) is 36.4 Å². The quantitative estimate of drug-likeness (QED) is 0.865. The van der Waals surface area contributed by atoms with Gasteiger partial charge in [0.2, 0.25) is 0 Å². The predicted molar refractivity (Wildman–Crippen MR) is 82.3 cm³/mol. The molecular weight excluding hydrogens is 269 g/mol. The van der Waals surface area contributed by atoms with Gasteiger partial charge in [-0.05, 0) is 62.2 Å². The number of rotatable bonds is 5. The number of anilines is 1. The fourth-order valence-electron chi connectivity index (χ4n) is 2.04. The van der Waals surface area contributed by atoms with E-state index in [0.29, 0.717) is 6.54 Å². The molecule has 21 heavy (non-hydrogen) atoms. The Morgan fingerprint density at radius 3 is 2.57 bits per heavy atom. The van der Waals surface area contributed by atoms with E-state index in [4.69, 9.17) is 9.84 Å². The van der Waals surface area contributed by atoms with Gasteiger partial charge in [-0.25, -0.2) is 4.39 Å². The maximum absolute atomic E-state index is 13.3. The van der Waals surface area contributed by atoms with E-state index in [1.807, 2.05) is 39.0 Å². The number of hydrogen-bond acceptors (Lipinski definition) is 3. The Bertz CT molecular complexity index is 626. The Kier molecular flexibility index (Phi) is 4.68. The number of phenols is 1. The van der Waals surface area contributed by atoms with Crippen molar-refractivity contribution in [2.24, 2.45) is 0 Å². The van der Waals surface area contributed by atoms with Gasteiger partial charge in [0, 0.05) is 12.2 Å². The molecule has 2 aromatic carbocycles. The Balaban J connectivity index is 2.04. The number of aromatic hydroxyl groups is 1. The highest BCUT2D eigenvalue weighted by Crippen LogP contribution is 2.23. The summed E-state index contributed by atoms with van der Waals surface area (Å²) in [5.41, 5.74) is 2.80. The zero-order chi connectivity index (χ0) is 15.4. The largest absolute Gasteiger partial charge is 0.505 e.